The molecule has 4 nitrogen and oxygen atoms in total. The van der Waals surface area contributed by atoms with Crippen LogP contribution in [0.3, 0.4) is 0 Å². The van der Waals surface area contributed by atoms with Crippen LogP contribution in [-0.4, -0.2) is 30.4 Å². The second-order valence-corrected chi connectivity index (χ2v) is 6.05. The number of hydrogen-bond acceptors (Lipinski definition) is 3. The summed E-state index contributed by atoms with van der Waals surface area (Å²) in [5, 5.41) is 3.38. The Morgan fingerprint density at radius 3 is 2.52 bits per heavy atom. The SMILES string of the molecule is Nc1cc(NC(=O)CCN2CCCCCCC2)ccc1Cl. The van der Waals surface area contributed by atoms with E-state index in [0.29, 0.717) is 22.8 Å². The predicted molar refractivity (Wildman–Crippen MR) is 88.6 cm³/mol. The first kappa shape index (κ1) is 16.1. The molecular formula is C16H24ClN3O. The Morgan fingerprint density at radius 1 is 1.19 bits per heavy atom. The van der Waals surface area contributed by atoms with E-state index in [0.717, 1.165) is 19.6 Å². The van der Waals surface area contributed by atoms with E-state index in [9.17, 15) is 4.79 Å². The summed E-state index contributed by atoms with van der Waals surface area (Å²) >= 11 is 5.86. The molecule has 0 saturated carbocycles. The topological polar surface area (TPSA) is 58.4 Å². The molecule has 1 aliphatic heterocycles. The molecule has 1 fully saturated rings. The number of benzene rings is 1. The number of halogens is 1. The lowest BCUT2D eigenvalue weighted by molar-refractivity contribution is -0.116. The average Bonchev–Trinajstić information content (AvgIpc) is 2.42. The summed E-state index contributed by atoms with van der Waals surface area (Å²) in [6.45, 7) is 3.05. The van der Waals surface area contributed by atoms with E-state index in [1.807, 2.05) is 0 Å². The Hall–Kier alpha value is -1.26. The van der Waals surface area contributed by atoms with Gasteiger partial charge in [0.1, 0.15) is 0 Å². The van der Waals surface area contributed by atoms with E-state index in [4.69, 9.17) is 17.3 Å². The number of rotatable bonds is 4. The number of nitrogen functional groups attached to an aromatic ring is 1. The van der Waals surface area contributed by atoms with Gasteiger partial charge in [-0.3, -0.25) is 4.79 Å². The molecule has 0 aromatic heterocycles. The lowest BCUT2D eigenvalue weighted by atomic mass is 10.1. The Labute approximate surface area is 131 Å². The minimum absolute atomic E-state index is 0.0266. The summed E-state index contributed by atoms with van der Waals surface area (Å²) in [6.07, 6.45) is 6.99. The van der Waals surface area contributed by atoms with E-state index in [2.05, 4.69) is 10.2 Å². The van der Waals surface area contributed by atoms with Crippen LogP contribution >= 0.6 is 11.6 Å². The van der Waals surface area contributed by atoms with Gasteiger partial charge in [0.25, 0.3) is 0 Å². The van der Waals surface area contributed by atoms with Crippen LogP contribution in [0.2, 0.25) is 5.02 Å². The first-order valence-electron chi connectivity index (χ1n) is 7.72. The highest BCUT2D eigenvalue weighted by molar-refractivity contribution is 6.33. The van der Waals surface area contributed by atoms with Gasteiger partial charge in [0.15, 0.2) is 0 Å². The van der Waals surface area contributed by atoms with E-state index in [1.165, 1.54) is 32.1 Å². The van der Waals surface area contributed by atoms with Crippen LogP contribution in [0.25, 0.3) is 0 Å². The predicted octanol–water partition coefficient (Wildman–Crippen LogP) is 3.52. The van der Waals surface area contributed by atoms with Crippen LogP contribution < -0.4 is 11.1 Å². The Morgan fingerprint density at radius 2 is 1.86 bits per heavy atom. The van der Waals surface area contributed by atoms with Gasteiger partial charge in [0, 0.05) is 18.7 Å². The summed E-state index contributed by atoms with van der Waals surface area (Å²) in [6, 6.07) is 5.16. The largest absolute Gasteiger partial charge is 0.397 e. The molecule has 1 amide bonds. The van der Waals surface area contributed by atoms with Crippen molar-refractivity contribution in [2.75, 3.05) is 30.7 Å². The van der Waals surface area contributed by atoms with Gasteiger partial charge >= 0.3 is 0 Å². The molecule has 1 saturated heterocycles. The number of nitrogens with zero attached hydrogens (tertiary/aromatic N) is 1. The van der Waals surface area contributed by atoms with Crippen LogP contribution in [0, 0.1) is 0 Å². The molecule has 0 spiro atoms. The molecule has 2 rings (SSSR count). The highest BCUT2D eigenvalue weighted by Gasteiger charge is 2.10. The number of carbonyl (C=O) groups excluding carboxylic acids is 1. The summed E-state index contributed by atoms with van der Waals surface area (Å²) in [7, 11) is 0. The van der Waals surface area contributed by atoms with Gasteiger partial charge < -0.3 is 16.0 Å². The number of likely N-dealkylation sites (tertiary alicyclic amines) is 1. The molecule has 116 valence electrons. The fourth-order valence-electron chi connectivity index (χ4n) is 2.64. The molecule has 1 aromatic carbocycles. The Balaban J connectivity index is 1.77. The lowest BCUT2D eigenvalue weighted by Crippen LogP contribution is -2.30. The fraction of sp³-hybridized carbons (Fsp3) is 0.562. The van der Waals surface area contributed by atoms with Crippen molar-refractivity contribution in [3.8, 4) is 0 Å². The third-order valence-electron chi connectivity index (χ3n) is 3.88. The van der Waals surface area contributed by atoms with Crippen LogP contribution in [0.15, 0.2) is 18.2 Å². The molecule has 0 radical (unpaired) electrons. The smallest absolute Gasteiger partial charge is 0.225 e. The minimum atomic E-state index is 0.0266. The van der Waals surface area contributed by atoms with Crippen molar-refractivity contribution in [1.82, 2.24) is 4.90 Å². The van der Waals surface area contributed by atoms with Gasteiger partial charge in [0.2, 0.25) is 5.91 Å². The highest BCUT2D eigenvalue weighted by Crippen LogP contribution is 2.22. The van der Waals surface area contributed by atoms with Crippen LogP contribution in [0.1, 0.15) is 38.5 Å². The van der Waals surface area contributed by atoms with Crippen molar-refractivity contribution in [2.45, 2.75) is 38.5 Å². The number of anilines is 2. The molecule has 1 aromatic rings. The molecule has 3 N–H and O–H groups in total. The molecule has 5 heteroatoms. The monoisotopic (exact) mass is 309 g/mol. The van der Waals surface area contributed by atoms with E-state index >= 15 is 0 Å². The molecule has 0 atom stereocenters. The summed E-state index contributed by atoms with van der Waals surface area (Å²) in [5.41, 5.74) is 6.92. The van der Waals surface area contributed by atoms with Gasteiger partial charge in [0.05, 0.1) is 10.7 Å². The zero-order valence-corrected chi connectivity index (χ0v) is 13.2. The Bertz CT molecular complexity index is 471. The molecule has 0 bridgehead atoms. The van der Waals surface area contributed by atoms with Crippen LogP contribution in [-0.2, 0) is 4.79 Å². The van der Waals surface area contributed by atoms with Crippen molar-refractivity contribution in [2.24, 2.45) is 0 Å². The third-order valence-corrected chi connectivity index (χ3v) is 4.23. The number of hydrogen-bond donors (Lipinski definition) is 2. The normalized spacial score (nSPS) is 17.0. The van der Waals surface area contributed by atoms with Gasteiger partial charge in [-0.1, -0.05) is 30.9 Å². The average molecular weight is 310 g/mol. The lowest BCUT2D eigenvalue weighted by Gasteiger charge is -2.24. The first-order chi connectivity index (χ1) is 10.1. The van der Waals surface area contributed by atoms with Crippen LogP contribution in [0.5, 0.6) is 0 Å². The summed E-state index contributed by atoms with van der Waals surface area (Å²) in [4.78, 5) is 14.4. The van der Waals surface area contributed by atoms with E-state index in [1.54, 1.807) is 18.2 Å². The molecule has 1 aliphatic rings. The molecule has 1 heterocycles. The van der Waals surface area contributed by atoms with Gasteiger partial charge in [-0.15, -0.1) is 0 Å². The molecule has 0 unspecified atom stereocenters. The molecule has 21 heavy (non-hydrogen) atoms. The molecule has 0 aliphatic carbocycles. The maximum atomic E-state index is 12.0. The standard InChI is InChI=1S/C16H24ClN3O/c17-14-7-6-13(12-15(14)18)19-16(21)8-11-20-9-4-2-1-3-5-10-20/h6-7,12H,1-5,8-11,18H2,(H,19,21). The third kappa shape index (κ3) is 5.56. The molecular weight excluding hydrogens is 286 g/mol. The Kier molecular flexibility index (Phi) is 6.33. The number of carbonyl (C=O) groups is 1. The minimum Gasteiger partial charge on any atom is -0.397 e. The van der Waals surface area contributed by atoms with Crippen molar-refractivity contribution in [3.05, 3.63) is 23.2 Å². The fourth-order valence-corrected chi connectivity index (χ4v) is 2.76. The van der Waals surface area contributed by atoms with Gasteiger partial charge in [-0.05, 0) is 44.1 Å². The number of nitrogens with two attached hydrogens (primary N) is 1. The maximum Gasteiger partial charge on any atom is 0.225 e. The van der Waals surface area contributed by atoms with Gasteiger partial charge in [-0.2, -0.15) is 0 Å². The van der Waals surface area contributed by atoms with Crippen molar-refractivity contribution in [3.63, 3.8) is 0 Å². The van der Waals surface area contributed by atoms with Gasteiger partial charge in [-0.25, -0.2) is 0 Å². The second-order valence-electron chi connectivity index (χ2n) is 5.64. The van der Waals surface area contributed by atoms with Crippen molar-refractivity contribution in [1.29, 1.82) is 0 Å². The van der Waals surface area contributed by atoms with E-state index in [-0.39, 0.29) is 5.91 Å². The quantitative estimate of drug-likeness (QED) is 0.837. The number of nitrogens with one attached hydrogen (secondary N) is 1. The summed E-state index contributed by atoms with van der Waals surface area (Å²) in [5.74, 6) is 0.0266. The van der Waals surface area contributed by atoms with Crippen molar-refractivity contribution >= 4 is 28.9 Å². The van der Waals surface area contributed by atoms with Crippen LogP contribution in [0.4, 0.5) is 11.4 Å². The second kappa shape index (κ2) is 8.25. The summed E-state index contributed by atoms with van der Waals surface area (Å²) < 4.78 is 0. The number of amides is 1. The van der Waals surface area contributed by atoms with E-state index < -0.39 is 0 Å². The zero-order valence-electron chi connectivity index (χ0n) is 12.4. The zero-order chi connectivity index (χ0) is 15.1. The first-order valence-corrected chi connectivity index (χ1v) is 8.10. The van der Waals surface area contributed by atoms with Crippen molar-refractivity contribution < 1.29 is 4.79 Å². The highest BCUT2D eigenvalue weighted by atomic mass is 35.5. The maximum absolute atomic E-state index is 12.0.